The van der Waals surface area contributed by atoms with Crippen LogP contribution in [0.2, 0.25) is 0 Å². The van der Waals surface area contributed by atoms with E-state index in [0.29, 0.717) is 0 Å². The summed E-state index contributed by atoms with van der Waals surface area (Å²) in [5.41, 5.74) is 1.16. The maximum absolute atomic E-state index is 5.79. The molecule has 0 spiro atoms. The lowest BCUT2D eigenvalue weighted by Gasteiger charge is -2.24. The molecule has 1 aromatic heterocycles. The van der Waals surface area contributed by atoms with Gasteiger partial charge in [0.2, 0.25) is 0 Å². The molecule has 1 atom stereocenters. The third-order valence-electron chi connectivity index (χ3n) is 3.43. The van der Waals surface area contributed by atoms with E-state index in [1.54, 1.807) is 0 Å². The molecule has 0 aromatic carbocycles. The van der Waals surface area contributed by atoms with Gasteiger partial charge >= 0.3 is 0 Å². The van der Waals surface area contributed by atoms with Crippen molar-refractivity contribution < 1.29 is 4.74 Å². The molecule has 0 radical (unpaired) electrons. The predicted octanol–water partition coefficient (Wildman–Crippen LogP) is 2.72. The molecule has 1 aromatic rings. The fraction of sp³-hybridized carbons (Fsp3) is 0.714. The number of hydrogen-bond acceptors (Lipinski definition) is 4. The van der Waals surface area contributed by atoms with E-state index in [1.165, 1.54) is 5.56 Å². The number of rotatable bonds is 5. The van der Waals surface area contributed by atoms with Gasteiger partial charge in [0.05, 0.1) is 5.60 Å². The number of anilines is 1. The SMILES string of the molecule is CCCc1cnc(C)nc1NC[C@]1(C)CCCO1. The fourth-order valence-corrected chi connectivity index (χ4v) is 2.35. The molecule has 1 saturated heterocycles. The van der Waals surface area contributed by atoms with Gasteiger partial charge in [0.25, 0.3) is 0 Å². The second-order valence-corrected chi connectivity index (χ2v) is 5.30. The van der Waals surface area contributed by atoms with E-state index in [9.17, 15) is 0 Å². The highest BCUT2D eigenvalue weighted by atomic mass is 16.5. The molecule has 2 heterocycles. The number of hydrogen-bond donors (Lipinski definition) is 1. The van der Waals surface area contributed by atoms with Crippen LogP contribution in [-0.2, 0) is 11.2 Å². The van der Waals surface area contributed by atoms with E-state index in [-0.39, 0.29) is 5.60 Å². The molecule has 0 bridgehead atoms. The van der Waals surface area contributed by atoms with Gasteiger partial charge in [0.1, 0.15) is 11.6 Å². The van der Waals surface area contributed by atoms with E-state index < -0.39 is 0 Å². The highest BCUT2D eigenvalue weighted by Crippen LogP contribution is 2.25. The third kappa shape index (κ3) is 3.19. The van der Waals surface area contributed by atoms with E-state index in [2.05, 4.69) is 29.1 Å². The quantitative estimate of drug-likeness (QED) is 0.871. The molecule has 1 aliphatic heterocycles. The minimum Gasteiger partial charge on any atom is -0.373 e. The van der Waals surface area contributed by atoms with E-state index in [4.69, 9.17) is 4.74 Å². The van der Waals surface area contributed by atoms with Gasteiger partial charge in [0.15, 0.2) is 0 Å². The van der Waals surface area contributed by atoms with Crippen LogP contribution in [0.15, 0.2) is 6.20 Å². The summed E-state index contributed by atoms with van der Waals surface area (Å²) < 4.78 is 5.79. The maximum Gasteiger partial charge on any atom is 0.132 e. The standard InChI is InChI=1S/C14H23N3O/c1-4-6-12-9-15-11(2)17-13(12)16-10-14(3)7-5-8-18-14/h9H,4-8,10H2,1-3H3,(H,15,16,17)/t14-/m0/s1. The Morgan fingerprint density at radius 1 is 1.50 bits per heavy atom. The Balaban J connectivity index is 2.05. The van der Waals surface area contributed by atoms with E-state index in [1.807, 2.05) is 13.1 Å². The summed E-state index contributed by atoms with van der Waals surface area (Å²) in [7, 11) is 0. The van der Waals surface area contributed by atoms with Crippen molar-refractivity contribution in [3.8, 4) is 0 Å². The first-order chi connectivity index (χ1) is 8.63. The minimum atomic E-state index is -0.0393. The van der Waals surface area contributed by atoms with Crippen molar-refractivity contribution in [3.63, 3.8) is 0 Å². The normalized spacial score (nSPS) is 23.3. The van der Waals surface area contributed by atoms with Gasteiger partial charge in [-0.3, -0.25) is 0 Å². The lowest BCUT2D eigenvalue weighted by atomic mass is 10.0. The van der Waals surface area contributed by atoms with Crippen LogP contribution in [0, 0.1) is 6.92 Å². The van der Waals surface area contributed by atoms with Crippen molar-refractivity contribution in [1.82, 2.24) is 9.97 Å². The van der Waals surface area contributed by atoms with Gasteiger partial charge in [-0.25, -0.2) is 9.97 Å². The Bertz CT molecular complexity index is 400. The van der Waals surface area contributed by atoms with Crippen LogP contribution in [0.25, 0.3) is 0 Å². The van der Waals surface area contributed by atoms with E-state index in [0.717, 1.165) is 50.5 Å². The van der Waals surface area contributed by atoms with Gasteiger partial charge in [-0.1, -0.05) is 13.3 Å². The molecule has 0 aliphatic carbocycles. The van der Waals surface area contributed by atoms with Crippen LogP contribution in [0.1, 0.15) is 44.5 Å². The van der Waals surface area contributed by atoms with Gasteiger partial charge in [-0.15, -0.1) is 0 Å². The average molecular weight is 249 g/mol. The smallest absolute Gasteiger partial charge is 0.132 e. The van der Waals surface area contributed by atoms with Gasteiger partial charge < -0.3 is 10.1 Å². The second kappa shape index (κ2) is 5.65. The van der Waals surface area contributed by atoms with Crippen molar-refractivity contribution >= 4 is 5.82 Å². The first-order valence-corrected chi connectivity index (χ1v) is 6.83. The molecule has 0 amide bonds. The highest BCUT2D eigenvalue weighted by Gasteiger charge is 2.29. The largest absolute Gasteiger partial charge is 0.373 e. The third-order valence-corrected chi connectivity index (χ3v) is 3.43. The van der Waals surface area contributed by atoms with Crippen molar-refractivity contribution in [2.75, 3.05) is 18.5 Å². The monoisotopic (exact) mass is 249 g/mol. The zero-order valence-corrected chi connectivity index (χ0v) is 11.6. The lowest BCUT2D eigenvalue weighted by molar-refractivity contribution is 0.0314. The van der Waals surface area contributed by atoms with Crippen LogP contribution in [-0.4, -0.2) is 28.7 Å². The fourth-order valence-electron chi connectivity index (χ4n) is 2.35. The van der Waals surface area contributed by atoms with Gasteiger partial charge in [0, 0.05) is 24.9 Å². The van der Waals surface area contributed by atoms with Crippen molar-refractivity contribution in [1.29, 1.82) is 0 Å². The minimum absolute atomic E-state index is 0.0393. The zero-order valence-electron chi connectivity index (χ0n) is 11.6. The Morgan fingerprint density at radius 3 is 3.00 bits per heavy atom. The summed E-state index contributed by atoms with van der Waals surface area (Å²) in [6.45, 7) is 7.96. The van der Waals surface area contributed by atoms with Crippen LogP contribution in [0.3, 0.4) is 0 Å². The molecule has 4 nitrogen and oxygen atoms in total. The molecule has 2 rings (SSSR count). The second-order valence-electron chi connectivity index (χ2n) is 5.30. The zero-order chi connectivity index (χ0) is 13.0. The van der Waals surface area contributed by atoms with E-state index >= 15 is 0 Å². The van der Waals surface area contributed by atoms with Gasteiger partial charge in [-0.2, -0.15) is 0 Å². The molecule has 18 heavy (non-hydrogen) atoms. The Morgan fingerprint density at radius 2 is 2.33 bits per heavy atom. The number of nitrogens with zero attached hydrogens (tertiary/aromatic N) is 2. The Labute approximate surface area is 109 Å². The highest BCUT2D eigenvalue weighted by molar-refractivity contribution is 5.43. The Hall–Kier alpha value is -1.16. The average Bonchev–Trinajstić information content (AvgIpc) is 2.77. The number of nitrogens with one attached hydrogen (secondary N) is 1. The first kappa shape index (κ1) is 13.3. The van der Waals surface area contributed by atoms with Gasteiger partial charge in [-0.05, 0) is 33.1 Å². The number of aromatic nitrogens is 2. The van der Waals surface area contributed by atoms with Crippen molar-refractivity contribution in [2.24, 2.45) is 0 Å². The topological polar surface area (TPSA) is 47.0 Å². The molecular formula is C14H23N3O. The summed E-state index contributed by atoms with van der Waals surface area (Å²) in [5.74, 6) is 1.79. The lowest BCUT2D eigenvalue weighted by Crippen LogP contribution is -2.33. The molecule has 1 fully saturated rings. The van der Waals surface area contributed by atoms with Crippen LogP contribution < -0.4 is 5.32 Å². The summed E-state index contributed by atoms with van der Waals surface area (Å²) in [4.78, 5) is 8.78. The molecule has 4 heteroatoms. The molecule has 0 unspecified atom stereocenters. The first-order valence-electron chi connectivity index (χ1n) is 6.83. The van der Waals surface area contributed by atoms with Crippen molar-refractivity contribution in [3.05, 3.63) is 17.6 Å². The summed E-state index contributed by atoms with van der Waals surface area (Å²) >= 11 is 0. The maximum atomic E-state index is 5.79. The number of aryl methyl sites for hydroxylation is 2. The predicted molar refractivity (Wildman–Crippen MR) is 72.8 cm³/mol. The molecule has 1 aliphatic rings. The molecule has 100 valence electrons. The summed E-state index contributed by atoms with van der Waals surface area (Å²) in [6.07, 6.45) is 6.33. The summed E-state index contributed by atoms with van der Waals surface area (Å²) in [5, 5.41) is 3.45. The van der Waals surface area contributed by atoms with Crippen LogP contribution >= 0.6 is 0 Å². The van der Waals surface area contributed by atoms with Crippen molar-refractivity contribution in [2.45, 2.75) is 52.1 Å². The summed E-state index contributed by atoms with van der Waals surface area (Å²) in [6, 6.07) is 0. The molecule has 1 N–H and O–H groups in total. The van der Waals surface area contributed by atoms with Crippen LogP contribution in [0.5, 0.6) is 0 Å². The molecular weight excluding hydrogens is 226 g/mol. The molecule has 0 saturated carbocycles. The Kier molecular flexibility index (Phi) is 4.17. The number of ether oxygens (including phenoxy) is 1. The van der Waals surface area contributed by atoms with Crippen LogP contribution in [0.4, 0.5) is 5.82 Å².